The molecule has 0 fully saturated rings. The van der Waals surface area contributed by atoms with Crippen molar-refractivity contribution in [1.82, 2.24) is 0 Å². The fourth-order valence-corrected chi connectivity index (χ4v) is 3.26. The third-order valence-corrected chi connectivity index (χ3v) is 4.63. The first-order chi connectivity index (χ1) is 8.49. The van der Waals surface area contributed by atoms with Crippen molar-refractivity contribution in [1.29, 1.82) is 0 Å². The predicted molar refractivity (Wildman–Crippen MR) is 74.4 cm³/mol. The van der Waals surface area contributed by atoms with Gasteiger partial charge < -0.3 is 17.7 Å². The molecule has 1 unspecified atom stereocenters. The Balaban J connectivity index is 4.48. The summed E-state index contributed by atoms with van der Waals surface area (Å²) in [4.78, 5) is 11.7. The van der Waals surface area contributed by atoms with Crippen LogP contribution in [0.15, 0.2) is 0 Å². The van der Waals surface area contributed by atoms with E-state index in [2.05, 4.69) is 12.6 Å². The first-order valence-corrected chi connectivity index (χ1v) is 8.46. The molecule has 7 heteroatoms. The molecule has 0 N–H and O–H groups in total. The molecule has 0 aliphatic carbocycles. The molecular formula is C11H24O5SSi. The van der Waals surface area contributed by atoms with Crippen LogP contribution in [0.5, 0.6) is 0 Å². The highest BCUT2D eigenvalue weighted by molar-refractivity contribution is 7.80. The Morgan fingerprint density at radius 3 is 1.89 bits per heavy atom. The van der Waals surface area contributed by atoms with Gasteiger partial charge in [-0.05, 0) is 32.4 Å². The Bertz CT molecular complexity index is 220. The van der Waals surface area contributed by atoms with Crippen LogP contribution in [0.2, 0.25) is 0 Å². The molecule has 0 aliphatic rings. The van der Waals surface area contributed by atoms with Gasteiger partial charge in [0, 0.05) is 26.2 Å². The SMILES string of the molecule is CCO[Si](OCC)(OCC)OC(=O)CCC(C)S. The summed E-state index contributed by atoms with van der Waals surface area (Å²) in [5.41, 5.74) is 0. The molecule has 0 radical (unpaired) electrons. The van der Waals surface area contributed by atoms with Gasteiger partial charge >= 0.3 is 9.05 Å². The van der Waals surface area contributed by atoms with Crippen LogP contribution in [0.3, 0.4) is 0 Å². The van der Waals surface area contributed by atoms with Gasteiger partial charge in [-0.1, -0.05) is 6.92 Å². The van der Waals surface area contributed by atoms with Crippen molar-refractivity contribution < 1.29 is 22.5 Å². The summed E-state index contributed by atoms with van der Waals surface area (Å²) >= 11 is 4.22. The van der Waals surface area contributed by atoms with Crippen molar-refractivity contribution in [3.05, 3.63) is 0 Å². The summed E-state index contributed by atoms with van der Waals surface area (Å²) in [5.74, 6) is -0.363. The van der Waals surface area contributed by atoms with Gasteiger partial charge in [0.1, 0.15) is 0 Å². The molecule has 0 heterocycles. The van der Waals surface area contributed by atoms with Gasteiger partial charge in [0.15, 0.2) is 0 Å². The topological polar surface area (TPSA) is 54.0 Å². The standard InChI is InChI=1S/C11H24O5SSi/c1-5-13-18(14-6-2,15-7-3)16-11(12)9-8-10(4)17/h10,17H,5-9H2,1-4H3. The minimum atomic E-state index is -3.31. The van der Waals surface area contributed by atoms with Crippen molar-refractivity contribution in [3.8, 4) is 0 Å². The second-order valence-electron chi connectivity index (χ2n) is 3.66. The van der Waals surface area contributed by atoms with Crippen LogP contribution in [0.1, 0.15) is 40.5 Å². The summed E-state index contributed by atoms with van der Waals surface area (Å²) in [6.45, 7) is 8.48. The van der Waals surface area contributed by atoms with Crippen molar-refractivity contribution in [2.24, 2.45) is 0 Å². The van der Waals surface area contributed by atoms with Crippen LogP contribution in [-0.2, 0) is 22.5 Å². The maximum absolute atomic E-state index is 11.7. The Labute approximate surface area is 116 Å². The lowest BCUT2D eigenvalue weighted by Crippen LogP contribution is -2.50. The van der Waals surface area contributed by atoms with Gasteiger partial charge in [0.2, 0.25) is 0 Å². The van der Waals surface area contributed by atoms with Gasteiger partial charge in [-0.2, -0.15) is 12.6 Å². The quantitative estimate of drug-likeness (QED) is 0.494. The van der Waals surface area contributed by atoms with Crippen LogP contribution < -0.4 is 0 Å². The van der Waals surface area contributed by atoms with Crippen LogP contribution >= 0.6 is 12.6 Å². The fraction of sp³-hybridized carbons (Fsp3) is 0.909. The van der Waals surface area contributed by atoms with E-state index in [1.807, 2.05) is 27.7 Å². The Kier molecular flexibility index (Phi) is 9.75. The van der Waals surface area contributed by atoms with Crippen molar-refractivity contribution in [3.63, 3.8) is 0 Å². The Morgan fingerprint density at radius 1 is 1.11 bits per heavy atom. The predicted octanol–water partition coefficient (Wildman–Crippen LogP) is 2.17. The Morgan fingerprint density at radius 2 is 1.56 bits per heavy atom. The zero-order chi connectivity index (χ0) is 14.0. The highest BCUT2D eigenvalue weighted by Gasteiger charge is 2.49. The van der Waals surface area contributed by atoms with Gasteiger partial charge in [-0.15, -0.1) is 0 Å². The third kappa shape index (κ3) is 7.37. The summed E-state index contributed by atoms with van der Waals surface area (Å²) < 4.78 is 21.6. The first-order valence-electron chi connectivity index (χ1n) is 6.31. The largest absolute Gasteiger partial charge is 0.751 e. The van der Waals surface area contributed by atoms with E-state index in [4.69, 9.17) is 17.7 Å². The maximum atomic E-state index is 11.7. The highest BCUT2D eigenvalue weighted by atomic mass is 32.1. The number of thiol groups is 1. The lowest BCUT2D eigenvalue weighted by Gasteiger charge is -2.26. The van der Waals surface area contributed by atoms with Crippen molar-refractivity contribution in [2.45, 2.75) is 45.8 Å². The van der Waals surface area contributed by atoms with E-state index < -0.39 is 9.05 Å². The van der Waals surface area contributed by atoms with Crippen molar-refractivity contribution in [2.75, 3.05) is 19.8 Å². The highest BCUT2D eigenvalue weighted by Crippen LogP contribution is 2.14. The van der Waals surface area contributed by atoms with Gasteiger partial charge in [-0.25, -0.2) is 0 Å². The summed E-state index contributed by atoms with van der Waals surface area (Å²) in [6, 6.07) is 0. The normalized spacial score (nSPS) is 13.4. The van der Waals surface area contributed by atoms with Gasteiger partial charge in [-0.3, -0.25) is 4.79 Å². The maximum Gasteiger partial charge on any atom is 0.751 e. The van der Waals surface area contributed by atoms with E-state index in [0.717, 1.165) is 0 Å². The van der Waals surface area contributed by atoms with E-state index in [9.17, 15) is 4.79 Å². The first kappa shape index (κ1) is 17.9. The van der Waals surface area contributed by atoms with Crippen LogP contribution in [0.4, 0.5) is 0 Å². The smallest absolute Gasteiger partial charge is 0.452 e. The third-order valence-electron chi connectivity index (χ3n) is 1.97. The molecule has 0 aromatic carbocycles. The molecule has 18 heavy (non-hydrogen) atoms. The van der Waals surface area contributed by atoms with Crippen LogP contribution in [-0.4, -0.2) is 40.1 Å². The van der Waals surface area contributed by atoms with Crippen molar-refractivity contribution >= 4 is 27.6 Å². The molecule has 0 amide bonds. The zero-order valence-corrected chi connectivity index (χ0v) is 13.5. The minimum Gasteiger partial charge on any atom is -0.452 e. The number of rotatable bonds is 10. The molecule has 0 bridgehead atoms. The van der Waals surface area contributed by atoms with Crippen LogP contribution in [0, 0.1) is 0 Å². The average molecular weight is 296 g/mol. The summed E-state index contributed by atoms with van der Waals surface area (Å²) in [7, 11) is -3.31. The van der Waals surface area contributed by atoms with E-state index in [1.165, 1.54) is 0 Å². The lowest BCUT2D eigenvalue weighted by molar-refractivity contribution is -0.144. The number of hydrogen-bond acceptors (Lipinski definition) is 6. The lowest BCUT2D eigenvalue weighted by atomic mass is 10.2. The molecule has 1 atom stereocenters. The average Bonchev–Trinajstić information content (AvgIpc) is 2.27. The van der Waals surface area contributed by atoms with E-state index >= 15 is 0 Å². The van der Waals surface area contributed by atoms with E-state index in [0.29, 0.717) is 26.2 Å². The summed E-state index contributed by atoms with van der Waals surface area (Å²) in [6.07, 6.45) is 0.934. The van der Waals surface area contributed by atoms with E-state index in [-0.39, 0.29) is 17.6 Å². The monoisotopic (exact) mass is 296 g/mol. The van der Waals surface area contributed by atoms with Gasteiger partial charge in [0.25, 0.3) is 5.97 Å². The molecule has 0 saturated heterocycles. The summed E-state index contributed by atoms with van der Waals surface area (Å²) in [5, 5.41) is 0.153. The zero-order valence-electron chi connectivity index (χ0n) is 11.6. The molecule has 0 saturated carbocycles. The van der Waals surface area contributed by atoms with E-state index in [1.54, 1.807) is 0 Å². The molecule has 0 aromatic heterocycles. The molecule has 5 nitrogen and oxygen atoms in total. The molecule has 108 valence electrons. The molecule has 0 aliphatic heterocycles. The minimum absolute atomic E-state index is 0.153. The van der Waals surface area contributed by atoms with Gasteiger partial charge in [0.05, 0.1) is 0 Å². The number of carbonyl (C=O) groups is 1. The number of hydrogen-bond donors (Lipinski definition) is 1. The second-order valence-corrected chi connectivity index (χ2v) is 6.61. The Hall–Kier alpha value is -0.0831. The molecule has 0 spiro atoms. The molecular weight excluding hydrogens is 272 g/mol. The molecule has 0 rings (SSSR count). The van der Waals surface area contributed by atoms with Crippen LogP contribution in [0.25, 0.3) is 0 Å². The second kappa shape index (κ2) is 9.80. The number of carbonyl (C=O) groups excluding carboxylic acids is 1. The fourth-order valence-electron chi connectivity index (χ4n) is 1.26. The molecule has 0 aromatic rings.